The lowest BCUT2D eigenvalue weighted by molar-refractivity contribution is 0.198. The van der Waals surface area contributed by atoms with Gasteiger partial charge in [-0.05, 0) is 6.92 Å². The number of hydrogen-bond donors (Lipinski definition) is 3. The molecule has 2 unspecified atom stereocenters. The van der Waals surface area contributed by atoms with E-state index in [-0.39, 0.29) is 6.54 Å². The van der Waals surface area contributed by atoms with Crippen molar-refractivity contribution >= 4 is 11.3 Å². The molecule has 0 spiro atoms. The van der Waals surface area contributed by atoms with Crippen molar-refractivity contribution in [2.75, 3.05) is 6.54 Å². The van der Waals surface area contributed by atoms with Crippen molar-refractivity contribution in [2.45, 2.75) is 13.0 Å². The van der Waals surface area contributed by atoms with Crippen LogP contribution in [0.3, 0.4) is 0 Å². The summed E-state index contributed by atoms with van der Waals surface area (Å²) in [5, 5.41) is 8.49. The van der Waals surface area contributed by atoms with E-state index in [0.29, 0.717) is 0 Å². The van der Waals surface area contributed by atoms with Gasteiger partial charge < -0.3 is 5.11 Å². The van der Waals surface area contributed by atoms with Crippen LogP contribution in [-0.4, -0.2) is 26.5 Å². The van der Waals surface area contributed by atoms with Crippen molar-refractivity contribution < 1.29 is 13.9 Å². The number of aliphatic hydroxyl groups is 1. The second-order valence-corrected chi connectivity index (χ2v) is 2.23. The molecule has 0 aromatic rings. The van der Waals surface area contributed by atoms with Crippen LogP contribution in [0.5, 0.6) is 0 Å². The Morgan fingerprint density at radius 2 is 2.38 bits per heavy atom. The predicted molar refractivity (Wildman–Crippen MR) is 30.5 cm³/mol. The molecule has 0 saturated carbocycles. The zero-order valence-electron chi connectivity index (χ0n) is 4.50. The van der Waals surface area contributed by atoms with Gasteiger partial charge in [0, 0.05) is 6.54 Å². The lowest BCUT2D eigenvalue weighted by atomic mass is 10.4. The Morgan fingerprint density at radius 1 is 1.88 bits per heavy atom. The molecule has 0 aliphatic carbocycles. The first kappa shape index (κ1) is 8.03. The smallest absolute Gasteiger partial charge is 0.231 e. The second-order valence-electron chi connectivity index (χ2n) is 1.45. The van der Waals surface area contributed by atoms with Gasteiger partial charge in [-0.1, -0.05) is 0 Å². The molecule has 8 heavy (non-hydrogen) atoms. The molecule has 0 bridgehead atoms. The molecule has 0 saturated heterocycles. The van der Waals surface area contributed by atoms with Gasteiger partial charge in [-0.3, -0.25) is 4.55 Å². The molecule has 3 N–H and O–H groups in total. The van der Waals surface area contributed by atoms with Gasteiger partial charge in [-0.15, -0.1) is 0 Å². The molecule has 0 aliphatic rings. The van der Waals surface area contributed by atoms with Crippen molar-refractivity contribution in [3.05, 3.63) is 0 Å². The first-order valence-corrected chi connectivity index (χ1v) is 3.26. The van der Waals surface area contributed by atoms with Gasteiger partial charge in [0.25, 0.3) is 0 Å². The molecule has 50 valence electrons. The molecule has 4 nitrogen and oxygen atoms in total. The fraction of sp³-hybridized carbons (Fsp3) is 1.00. The maximum Gasteiger partial charge on any atom is 0.231 e. The van der Waals surface area contributed by atoms with E-state index in [1.54, 1.807) is 0 Å². The number of nitrogens with one attached hydrogen (secondary N) is 1. The Kier molecular flexibility index (Phi) is 3.98. The van der Waals surface area contributed by atoms with Gasteiger partial charge in [0.2, 0.25) is 11.3 Å². The highest BCUT2D eigenvalue weighted by molar-refractivity contribution is 7.77. The summed E-state index contributed by atoms with van der Waals surface area (Å²) in [6.45, 7) is 1.67. The summed E-state index contributed by atoms with van der Waals surface area (Å²) in [6, 6.07) is 0. The Hall–Kier alpha value is 0.0300. The lowest BCUT2D eigenvalue weighted by Gasteiger charge is -2.00. The van der Waals surface area contributed by atoms with Crippen LogP contribution in [0.15, 0.2) is 0 Å². The number of hydrogen-bond acceptors (Lipinski definition) is 2. The molecule has 0 fully saturated rings. The first-order valence-electron chi connectivity index (χ1n) is 2.15. The first-order chi connectivity index (χ1) is 3.63. The maximum atomic E-state index is 9.79. The molecular formula is C3H9NO3S. The maximum absolute atomic E-state index is 9.79. The monoisotopic (exact) mass is 139 g/mol. The summed E-state index contributed by atoms with van der Waals surface area (Å²) in [5.41, 5.74) is 0. The number of rotatable bonds is 3. The van der Waals surface area contributed by atoms with Gasteiger partial charge in [0.05, 0.1) is 6.10 Å². The molecule has 2 atom stereocenters. The zero-order valence-corrected chi connectivity index (χ0v) is 5.31. The topological polar surface area (TPSA) is 69.6 Å². The van der Waals surface area contributed by atoms with Crippen molar-refractivity contribution in [1.82, 2.24) is 4.72 Å². The predicted octanol–water partition coefficient (Wildman–Crippen LogP) is -0.906. The van der Waals surface area contributed by atoms with Crippen LogP contribution in [-0.2, 0) is 11.3 Å². The Morgan fingerprint density at radius 3 is 2.50 bits per heavy atom. The molecule has 0 heterocycles. The van der Waals surface area contributed by atoms with E-state index < -0.39 is 17.4 Å². The van der Waals surface area contributed by atoms with Crippen LogP contribution < -0.4 is 4.72 Å². The van der Waals surface area contributed by atoms with Gasteiger partial charge >= 0.3 is 0 Å². The van der Waals surface area contributed by atoms with Crippen LogP contribution in [0.4, 0.5) is 0 Å². The fourth-order valence-electron chi connectivity index (χ4n) is 0.192. The van der Waals surface area contributed by atoms with Crippen molar-refractivity contribution in [1.29, 1.82) is 0 Å². The van der Waals surface area contributed by atoms with Crippen molar-refractivity contribution in [2.24, 2.45) is 0 Å². The van der Waals surface area contributed by atoms with E-state index in [1.807, 2.05) is 0 Å². The Balaban J connectivity index is 3.05. The van der Waals surface area contributed by atoms with E-state index in [1.165, 1.54) is 6.92 Å². The van der Waals surface area contributed by atoms with Gasteiger partial charge in [-0.2, -0.15) is 0 Å². The molecule has 0 aromatic heterocycles. The molecule has 0 radical (unpaired) electrons. The zero-order chi connectivity index (χ0) is 6.57. The Bertz CT molecular complexity index is 84.6. The van der Waals surface area contributed by atoms with E-state index in [4.69, 9.17) is 9.66 Å². The third-order valence-electron chi connectivity index (χ3n) is 0.502. The minimum atomic E-state index is -2.00. The third-order valence-corrected chi connectivity index (χ3v) is 0.916. The summed E-state index contributed by atoms with van der Waals surface area (Å²) < 4.78 is 20.0. The number of aliphatic hydroxyl groups excluding tert-OH is 1. The van der Waals surface area contributed by atoms with Gasteiger partial charge in [0.15, 0.2) is 0 Å². The molecular weight excluding hydrogens is 130 g/mol. The molecule has 0 amide bonds. The largest absolute Gasteiger partial charge is 0.392 e. The van der Waals surface area contributed by atoms with Crippen LogP contribution >= 0.6 is 0 Å². The quantitative estimate of drug-likeness (QED) is 0.443. The molecule has 5 heteroatoms. The van der Waals surface area contributed by atoms with Crippen LogP contribution in [0, 0.1) is 0 Å². The average Bonchev–Trinajstić information content (AvgIpc) is 1.61. The van der Waals surface area contributed by atoms with Crippen molar-refractivity contribution in [3.63, 3.8) is 0 Å². The highest BCUT2D eigenvalue weighted by Gasteiger charge is 1.95. The Labute approximate surface area is 50.3 Å². The molecule has 0 aromatic carbocycles. The summed E-state index contributed by atoms with van der Waals surface area (Å²) in [5.74, 6) is 0. The fourth-order valence-corrected chi connectivity index (χ4v) is 0.576. The van der Waals surface area contributed by atoms with E-state index in [2.05, 4.69) is 4.72 Å². The van der Waals surface area contributed by atoms with Crippen LogP contribution in [0.2, 0.25) is 0 Å². The minimum Gasteiger partial charge on any atom is -0.392 e. The highest BCUT2D eigenvalue weighted by atomic mass is 32.2. The summed E-state index contributed by atoms with van der Waals surface area (Å²) in [7, 11) is 0. The summed E-state index contributed by atoms with van der Waals surface area (Å²) in [6.07, 6.45) is -0.578. The summed E-state index contributed by atoms with van der Waals surface area (Å²) >= 11 is -2.00. The highest BCUT2D eigenvalue weighted by Crippen LogP contribution is 1.73. The second kappa shape index (κ2) is 3.96. The van der Waals surface area contributed by atoms with Crippen LogP contribution in [0.25, 0.3) is 0 Å². The van der Waals surface area contributed by atoms with Crippen molar-refractivity contribution in [3.8, 4) is 0 Å². The molecule has 0 rings (SSSR count). The van der Waals surface area contributed by atoms with E-state index in [0.717, 1.165) is 0 Å². The van der Waals surface area contributed by atoms with E-state index >= 15 is 0 Å². The lowest BCUT2D eigenvalue weighted by Crippen LogP contribution is -2.25. The van der Waals surface area contributed by atoms with Gasteiger partial charge in [0.1, 0.15) is 0 Å². The van der Waals surface area contributed by atoms with Gasteiger partial charge in [-0.25, -0.2) is 8.93 Å². The minimum absolute atomic E-state index is 0.142. The molecule has 0 aliphatic heterocycles. The normalized spacial score (nSPS) is 17.9. The summed E-state index contributed by atoms with van der Waals surface area (Å²) in [4.78, 5) is 0. The standard InChI is InChI=1S/C3H9NO3S/c1-3(5)2-4-8(6)7/h3-5H,2H2,1H3,(H,6,7). The average molecular weight is 139 g/mol. The third kappa shape index (κ3) is 6.03. The SMILES string of the molecule is CC(O)CNS(=O)O. The van der Waals surface area contributed by atoms with E-state index in [9.17, 15) is 4.21 Å². The van der Waals surface area contributed by atoms with Crippen LogP contribution in [0.1, 0.15) is 6.92 Å².